The maximum Gasteiger partial charge on any atom is 0.338 e. The van der Waals surface area contributed by atoms with Crippen LogP contribution in [-0.4, -0.2) is 58.0 Å². The Bertz CT molecular complexity index is 798. The van der Waals surface area contributed by atoms with E-state index in [0.29, 0.717) is 0 Å². The van der Waals surface area contributed by atoms with Crippen molar-refractivity contribution in [3.8, 4) is 5.75 Å². The molecule has 0 saturated carbocycles. The number of sulfonamides is 1. The summed E-state index contributed by atoms with van der Waals surface area (Å²) >= 11 is 0. The Morgan fingerprint density at radius 3 is 2.41 bits per heavy atom. The summed E-state index contributed by atoms with van der Waals surface area (Å²) in [7, 11) is -1.22. The van der Waals surface area contributed by atoms with Crippen molar-refractivity contribution in [2.45, 2.75) is 50.1 Å². The number of hydrogen-bond acceptors (Lipinski definition) is 6. The Balaban J connectivity index is 2.12. The molecule has 0 bridgehead atoms. The monoisotopic (exact) mass is 398 g/mol. The largest absolute Gasteiger partial charge is 0.495 e. The molecule has 27 heavy (non-hydrogen) atoms. The van der Waals surface area contributed by atoms with Gasteiger partial charge in [0.05, 0.1) is 12.7 Å². The van der Waals surface area contributed by atoms with E-state index in [1.54, 1.807) is 4.90 Å². The first kappa shape index (κ1) is 21.2. The Hall–Kier alpha value is -2.13. The minimum Gasteiger partial charge on any atom is -0.495 e. The van der Waals surface area contributed by atoms with Crippen molar-refractivity contribution in [2.24, 2.45) is 0 Å². The highest BCUT2D eigenvalue weighted by Gasteiger charge is 2.29. The lowest BCUT2D eigenvalue weighted by molar-refractivity contribution is -0.140. The van der Waals surface area contributed by atoms with E-state index in [-0.39, 0.29) is 40.8 Å². The third kappa shape index (κ3) is 4.78. The molecule has 1 N–H and O–H groups in total. The summed E-state index contributed by atoms with van der Waals surface area (Å²) in [6, 6.07) is 4.15. The normalized spacial score (nSPS) is 20.2. The Morgan fingerprint density at radius 1 is 1.22 bits per heavy atom. The van der Waals surface area contributed by atoms with Crippen LogP contribution in [0.3, 0.4) is 0 Å². The van der Waals surface area contributed by atoms with Crippen molar-refractivity contribution < 1.29 is 27.5 Å². The van der Waals surface area contributed by atoms with Gasteiger partial charge in [-0.05, 0) is 58.4 Å². The molecule has 1 saturated heterocycles. The van der Waals surface area contributed by atoms with E-state index in [1.165, 1.54) is 32.4 Å². The summed E-state index contributed by atoms with van der Waals surface area (Å²) in [6.45, 7) is 3.58. The van der Waals surface area contributed by atoms with E-state index in [1.807, 2.05) is 13.8 Å². The van der Waals surface area contributed by atoms with Crippen LogP contribution in [0.5, 0.6) is 5.75 Å². The van der Waals surface area contributed by atoms with Crippen LogP contribution < -0.4 is 9.46 Å². The van der Waals surface area contributed by atoms with Gasteiger partial charge in [0.2, 0.25) is 10.0 Å². The fourth-order valence-corrected chi connectivity index (χ4v) is 4.24. The smallest absolute Gasteiger partial charge is 0.338 e. The molecule has 1 aromatic carbocycles. The quantitative estimate of drug-likeness (QED) is 0.730. The van der Waals surface area contributed by atoms with Gasteiger partial charge in [-0.3, -0.25) is 4.79 Å². The molecule has 1 amide bonds. The Morgan fingerprint density at radius 2 is 1.85 bits per heavy atom. The first-order valence-electron chi connectivity index (χ1n) is 8.81. The Kier molecular flexibility index (Phi) is 6.83. The highest BCUT2D eigenvalue weighted by molar-refractivity contribution is 7.89. The maximum absolute atomic E-state index is 12.5. The number of rotatable bonds is 6. The maximum atomic E-state index is 12.5. The zero-order chi connectivity index (χ0) is 20.2. The minimum absolute atomic E-state index is 0.0252. The van der Waals surface area contributed by atoms with Crippen LogP contribution in [-0.2, 0) is 19.6 Å². The number of piperidine rings is 1. The predicted molar refractivity (Wildman–Crippen MR) is 99.1 cm³/mol. The summed E-state index contributed by atoms with van der Waals surface area (Å²) in [5.74, 6) is -0.913. The van der Waals surface area contributed by atoms with E-state index in [0.717, 1.165) is 19.3 Å². The van der Waals surface area contributed by atoms with Gasteiger partial charge >= 0.3 is 5.97 Å². The number of likely N-dealkylation sites (tertiary alicyclic amines) is 1. The van der Waals surface area contributed by atoms with Crippen LogP contribution in [0.1, 0.15) is 43.5 Å². The first-order chi connectivity index (χ1) is 12.7. The molecule has 9 heteroatoms. The van der Waals surface area contributed by atoms with Gasteiger partial charge in [-0.15, -0.1) is 0 Å². The lowest BCUT2D eigenvalue weighted by Gasteiger charge is -2.38. The third-order valence-corrected chi connectivity index (χ3v) is 6.20. The van der Waals surface area contributed by atoms with Gasteiger partial charge in [-0.1, -0.05) is 0 Å². The summed E-state index contributed by atoms with van der Waals surface area (Å²) in [5.41, 5.74) is 0.0252. The number of benzene rings is 1. The minimum atomic E-state index is -3.82. The number of esters is 1. The van der Waals surface area contributed by atoms with Gasteiger partial charge < -0.3 is 14.4 Å². The lowest BCUT2D eigenvalue weighted by atomic mass is 9.97. The standard InChI is InChI=1S/C18H26N2O6S/c1-12-6-5-7-13(2)20(12)17(21)11-26-18(22)14-8-9-15(25-4)16(10-14)27(23,24)19-3/h8-10,12-13,19H,5-7,11H2,1-4H3/t12-,13+. The zero-order valence-corrected chi connectivity index (χ0v) is 16.8. The number of nitrogens with zero attached hydrogens (tertiary/aromatic N) is 1. The van der Waals surface area contributed by atoms with E-state index in [2.05, 4.69) is 4.72 Å². The van der Waals surface area contributed by atoms with Gasteiger partial charge in [-0.2, -0.15) is 0 Å². The molecule has 0 aromatic heterocycles. The molecule has 1 aliphatic heterocycles. The average Bonchev–Trinajstić information content (AvgIpc) is 2.65. The van der Waals surface area contributed by atoms with Crippen LogP contribution in [0, 0.1) is 0 Å². The number of nitrogens with one attached hydrogen (secondary N) is 1. The van der Waals surface area contributed by atoms with Gasteiger partial charge in [0, 0.05) is 12.1 Å². The van der Waals surface area contributed by atoms with Crippen LogP contribution in [0.15, 0.2) is 23.1 Å². The SMILES string of the molecule is CNS(=O)(=O)c1cc(C(=O)OCC(=O)N2[C@H](C)CCC[C@@H]2C)ccc1OC. The van der Waals surface area contributed by atoms with Crippen LogP contribution in [0.2, 0.25) is 0 Å². The second-order valence-corrected chi connectivity index (χ2v) is 8.43. The number of carbonyl (C=O) groups excluding carboxylic acids is 2. The van der Waals surface area contributed by atoms with Crippen molar-refractivity contribution in [2.75, 3.05) is 20.8 Å². The van der Waals surface area contributed by atoms with Crippen LogP contribution >= 0.6 is 0 Å². The molecule has 0 unspecified atom stereocenters. The van der Waals surface area contributed by atoms with E-state index >= 15 is 0 Å². The fourth-order valence-electron chi connectivity index (χ4n) is 3.32. The predicted octanol–water partition coefficient (Wildman–Crippen LogP) is 1.55. The number of amides is 1. The Labute approximate surface area is 159 Å². The highest BCUT2D eigenvalue weighted by Crippen LogP contribution is 2.25. The molecule has 1 aliphatic rings. The van der Waals surface area contributed by atoms with E-state index < -0.39 is 16.0 Å². The molecule has 1 heterocycles. The molecular formula is C18H26N2O6S. The summed E-state index contributed by atoms with van der Waals surface area (Å²) < 4.78 is 36.5. The van der Waals surface area contributed by atoms with Gasteiger partial charge in [0.15, 0.2) is 6.61 Å². The van der Waals surface area contributed by atoms with Gasteiger partial charge in [0.25, 0.3) is 5.91 Å². The van der Waals surface area contributed by atoms with Crippen molar-refractivity contribution >= 4 is 21.9 Å². The second-order valence-electron chi connectivity index (χ2n) is 6.58. The molecule has 2 atom stereocenters. The number of hydrogen-bond donors (Lipinski definition) is 1. The van der Waals surface area contributed by atoms with Crippen molar-refractivity contribution in [3.63, 3.8) is 0 Å². The molecule has 0 spiro atoms. The second kappa shape index (κ2) is 8.71. The molecule has 2 rings (SSSR count). The molecular weight excluding hydrogens is 372 g/mol. The molecule has 1 aromatic rings. The lowest BCUT2D eigenvalue weighted by Crippen LogP contribution is -2.49. The fraction of sp³-hybridized carbons (Fsp3) is 0.556. The van der Waals surface area contributed by atoms with Gasteiger partial charge in [0.1, 0.15) is 10.6 Å². The summed E-state index contributed by atoms with van der Waals surface area (Å²) in [5, 5.41) is 0. The van der Waals surface area contributed by atoms with E-state index in [9.17, 15) is 18.0 Å². The molecule has 0 aliphatic carbocycles. The van der Waals surface area contributed by atoms with Crippen molar-refractivity contribution in [3.05, 3.63) is 23.8 Å². The van der Waals surface area contributed by atoms with Crippen molar-refractivity contribution in [1.29, 1.82) is 0 Å². The number of carbonyl (C=O) groups is 2. The highest BCUT2D eigenvalue weighted by atomic mass is 32.2. The number of ether oxygens (including phenoxy) is 2. The summed E-state index contributed by atoms with van der Waals surface area (Å²) in [6.07, 6.45) is 2.92. The summed E-state index contributed by atoms with van der Waals surface area (Å²) in [4.78, 5) is 26.3. The number of methoxy groups -OCH3 is 1. The molecule has 1 fully saturated rings. The van der Waals surface area contributed by atoms with Gasteiger partial charge in [-0.25, -0.2) is 17.9 Å². The molecule has 8 nitrogen and oxygen atoms in total. The average molecular weight is 398 g/mol. The first-order valence-corrected chi connectivity index (χ1v) is 10.3. The van der Waals surface area contributed by atoms with Crippen LogP contribution in [0.4, 0.5) is 0 Å². The zero-order valence-electron chi connectivity index (χ0n) is 16.0. The molecule has 150 valence electrons. The topological polar surface area (TPSA) is 102 Å². The third-order valence-electron chi connectivity index (χ3n) is 4.77. The van der Waals surface area contributed by atoms with E-state index in [4.69, 9.17) is 9.47 Å². The molecule has 0 radical (unpaired) electrons. The van der Waals surface area contributed by atoms with Crippen LogP contribution in [0.25, 0.3) is 0 Å². The van der Waals surface area contributed by atoms with Crippen molar-refractivity contribution in [1.82, 2.24) is 9.62 Å².